The summed E-state index contributed by atoms with van der Waals surface area (Å²) in [4.78, 5) is 15.6. The Balaban J connectivity index is 1.76. The SMILES string of the molecule is O=C(O)C1CCc2cnc(CC3CCCN3)n2C1. The quantitative estimate of drug-likeness (QED) is 0.832. The predicted molar refractivity (Wildman–Crippen MR) is 66.4 cm³/mol. The van der Waals surface area contributed by atoms with E-state index in [1.54, 1.807) is 0 Å². The zero-order valence-corrected chi connectivity index (χ0v) is 10.4. The van der Waals surface area contributed by atoms with Crippen molar-refractivity contribution in [1.29, 1.82) is 0 Å². The fraction of sp³-hybridized carbons (Fsp3) is 0.692. The molecular weight excluding hydrogens is 230 g/mol. The number of aromatic nitrogens is 2. The van der Waals surface area contributed by atoms with E-state index >= 15 is 0 Å². The van der Waals surface area contributed by atoms with E-state index in [9.17, 15) is 4.79 Å². The predicted octanol–water partition coefficient (Wildman–Crippen LogP) is 0.825. The van der Waals surface area contributed by atoms with Gasteiger partial charge in [-0.25, -0.2) is 4.98 Å². The monoisotopic (exact) mass is 249 g/mol. The number of nitrogens with zero attached hydrogens (tertiary/aromatic N) is 2. The van der Waals surface area contributed by atoms with Gasteiger partial charge in [-0.1, -0.05) is 0 Å². The van der Waals surface area contributed by atoms with E-state index in [2.05, 4.69) is 14.9 Å². The van der Waals surface area contributed by atoms with Gasteiger partial charge in [0.15, 0.2) is 0 Å². The van der Waals surface area contributed by atoms with Crippen LogP contribution >= 0.6 is 0 Å². The summed E-state index contributed by atoms with van der Waals surface area (Å²) in [5, 5.41) is 12.6. The number of aryl methyl sites for hydroxylation is 1. The Morgan fingerprint density at radius 1 is 1.56 bits per heavy atom. The number of imidazole rings is 1. The Morgan fingerprint density at radius 3 is 3.17 bits per heavy atom. The largest absolute Gasteiger partial charge is 0.481 e. The smallest absolute Gasteiger partial charge is 0.308 e. The van der Waals surface area contributed by atoms with Crippen molar-refractivity contribution >= 4 is 5.97 Å². The molecular formula is C13H19N3O2. The minimum absolute atomic E-state index is 0.248. The maximum atomic E-state index is 11.1. The van der Waals surface area contributed by atoms with Crippen LogP contribution in [0, 0.1) is 5.92 Å². The molecule has 0 bridgehead atoms. The van der Waals surface area contributed by atoms with Crippen LogP contribution in [0.15, 0.2) is 6.20 Å². The highest BCUT2D eigenvalue weighted by Gasteiger charge is 2.27. The van der Waals surface area contributed by atoms with Gasteiger partial charge in [0, 0.05) is 30.9 Å². The summed E-state index contributed by atoms with van der Waals surface area (Å²) in [6.07, 6.45) is 6.85. The van der Waals surface area contributed by atoms with E-state index in [1.165, 1.54) is 18.5 Å². The lowest BCUT2D eigenvalue weighted by Crippen LogP contribution is -2.30. The molecule has 3 rings (SSSR count). The van der Waals surface area contributed by atoms with Crippen LogP contribution in [0.3, 0.4) is 0 Å². The maximum Gasteiger partial charge on any atom is 0.308 e. The maximum absolute atomic E-state index is 11.1. The molecule has 0 spiro atoms. The van der Waals surface area contributed by atoms with Gasteiger partial charge in [0.2, 0.25) is 0 Å². The van der Waals surface area contributed by atoms with Crippen molar-refractivity contribution in [3.05, 3.63) is 17.7 Å². The minimum atomic E-state index is -0.681. The number of rotatable bonds is 3. The third-order valence-electron chi connectivity index (χ3n) is 4.11. The summed E-state index contributed by atoms with van der Waals surface area (Å²) in [7, 11) is 0. The second kappa shape index (κ2) is 4.72. The van der Waals surface area contributed by atoms with Gasteiger partial charge in [0.25, 0.3) is 0 Å². The highest BCUT2D eigenvalue weighted by molar-refractivity contribution is 5.70. The number of fused-ring (bicyclic) bond motifs is 1. The number of nitrogens with one attached hydrogen (secondary N) is 1. The zero-order valence-electron chi connectivity index (χ0n) is 10.4. The van der Waals surface area contributed by atoms with E-state index in [0.717, 1.165) is 31.6 Å². The van der Waals surface area contributed by atoms with E-state index in [0.29, 0.717) is 12.6 Å². The molecule has 2 aliphatic heterocycles. The Bertz CT molecular complexity index is 449. The molecule has 98 valence electrons. The van der Waals surface area contributed by atoms with Crippen molar-refractivity contribution < 1.29 is 9.90 Å². The Kier molecular flexibility index (Phi) is 3.07. The van der Waals surface area contributed by atoms with Gasteiger partial charge < -0.3 is 15.0 Å². The molecule has 0 amide bonds. The third kappa shape index (κ3) is 2.14. The average molecular weight is 249 g/mol. The highest BCUT2D eigenvalue weighted by Crippen LogP contribution is 2.23. The van der Waals surface area contributed by atoms with Crippen molar-refractivity contribution in [2.45, 2.75) is 44.7 Å². The second-order valence-corrected chi connectivity index (χ2v) is 5.35. The van der Waals surface area contributed by atoms with Crippen LogP contribution in [0.25, 0.3) is 0 Å². The molecule has 0 aliphatic carbocycles. The summed E-state index contributed by atoms with van der Waals surface area (Å²) in [6, 6.07) is 0.515. The summed E-state index contributed by atoms with van der Waals surface area (Å²) < 4.78 is 2.13. The van der Waals surface area contributed by atoms with E-state index in [1.807, 2.05) is 6.20 Å². The first-order valence-corrected chi connectivity index (χ1v) is 6.73. The molecule has 2 atom stereocenters. The lowest BCUT2D eigenvalue weighted by atomic mass is 9.98. The first-order chi connectivity index (χ1) is 8.74. The fourth-order valence-corrected chi connectivity index (χ4v) is 3.03. The number of aliphatic carboxylic acids is 1. The molecule has 18 heavy (non-hydrogen) atoms. The Hall–Kier alpha value is -1.36. The van der Waals surface area contributed by atoms with Crippen molar-refractivity contribution in [1.82, 2.24) is 14.9 Å². The topological polar surface area (TPSA) is 67.2 Å². The molecule has 3 heterocycles. The minimum Gasteiger partial charge on any atom is -0.481 e. The van der Waals surface area contributed by atoms with Crippen molar-refractivity contribution in [3.63, 3.8) is 0 Å². The van der Waals surface area contributed by atoms with Gasteiger partial charge in [0.1, 0.15) is 5.82 Å². The second-order valence-electron chi connectivity index (χ2n) is 5.35. The Morgan fingerprint density at radius 2 is 2.44 bits per heavy atom. The van der Waals surface area contributed by atoms with Crippen LogP contribution in [-0.4, -0.2) is 33.2 Å². The number of hydrogen-bond acceptors (Lipinski definition) is 3. The summed E-state index contributed by atoms with van der Waals surface area (Å²) in [6.45, 7) is 1.68. The van der Waals surface area contributed by atoms with Crippen LogP contribution in [0.5, 0.6) is 0 Å². The molecule has 1 saturated heterocycles. The molecule has 2 N–H and O–H groups in total. The van der Waals surface area contributed by atoms with Crippen LogP contribution < -0.4 is 5.32 Å². The molecule has 2 aliphatic rings. The third-order valence-corrected chi connectivity index (χ3v) is 4.11. The summed E-state index contributed by atoms with van der Waals surface area (Å²) >= 11 is 0. The molecule has 0 saturated carbocycles. The summed E-state index contributed by atoms with van der Waals surface area (Å²) in [5.74, 6) is 0.122. The lowest BCUT2D eigenvalue weighted by molar-refractivity contribution is -0.142. The lowest BCUT2D eigenvalue weighted by Gasteiger charge is -2.23. The van der Waals surface area contributed by atoms with Crippen molar-refractivity contribution in [2.24, 2.45) is 5.92 Å². The van der Waals surface area contributed by atoms with Gasteiger partial charge in [0.05, 0.1) is 5.92 Å². The van der Waals surface area contributed by atoms with Gasteiger partial charge >= 0.3 is 5.97 Å². The molecule has 1 aromatic heterocycles. The van der Waals surface area contributed by atoms with Crippen molar-refractivity contribution in [2.75, 3.05) is 6.54 Å². The van der Waals surface area contributed by atoms with Gasteiger partial charge in [-0.05, 0) is 32.2 Å². The van der Waals surface area contributed by atoms with Gasteiger partial charge in [-0.3, -0.25) is 4.79 Å². The first kappa shape index (κ1) is 11.7. The number of hydrogen-bond donors (Lipinski definition) is 2. The van der Waals surface area contributed by atoms with Crippen molar-refractivity contribution in [3.8, 4) is 0 Å². The molecule has 0 aromatic carbocycles. The van der Waals surface area contributed by atoms with Gasteiger partial charge in [-0.15, -0.1) is 0 Å². The van der Waals surface area contributed by atoms with Crippen LogP contribution in [0.4, 0.5) is 0 Å². The van der Waals surface area contributed by atoms with Crippen LogP contribution in [-0.2, 0) is 24.2 Å². The zero-order chi connectivity index (χ0) is 12.5. The van der Waals surface area contributed by atoms with Crippen LogP contribution in [0.2, 0.25) is 0 Å². The summed E-state index contributed by atoms with van der Waals surface area (Å²) in [5.41, 5.74) is 1.19. The first-order valence-electron chi connectivity index (χ1n) is 6.73. The van der Waals surface area contributed by atoms with Gasteiger partial charge in [-0.2, -0.15) is 0 Å². The molecule has 0 radical (unpaired) electrons. The normalized spacial score (nSPS) is 27.1. The van der Waals surface area contributed by atoms with E-state index in [-0.39, 0.29) is 5.92 Å². The highest BCUT2D eigenvalue weighted by atomic mass is 16.4. The number of carbonyl (C=O) groups is 1. The molecule has 2 unspecified atom stereocenters. The Labute approximate surface area is 106 Å². The fourth-order valence-electron chi connectivity index (χ4n) is 3.03. The molecule has 5 heteroatoms. The molecule has 1 fully saturated rings. The molecule has 5 nitrogen and oxygen atoms in total. The van der Waals surface area contributed by atoms with E-state index in [4.69, 9.17) is 5.11 Å². The number of carboxylic acid groups (broad SMARTS) is 1. The van der Waals surface area contributed by atoms with E-state index < -0.39 is 5.97 Å². The number of carboxylic acids is 1. The average Bonchev–Trinajstić information content (AvgIpc) is 2.99. The van der Waals surface area contributed by atoms with Crippen LogP contribution in [0.1, 0.15) is 30.8 Å². The standard InChI is InChI=1S/C13H19N3O2/c17-13(18)9-3-4-11-7-15-12(16(11)8-9)6-10-2-1-5-14-10/h7,9-10,14H,1-6,8H2,(H,17,18). The molecule has 1 aromatic rings.